The number of halogens is 1. The largest absolute Gasteiger partial charge is 0.466 e. The van der Waals surface area contributed by atoms with Crippen LogP contribution in [0.3, 0.4) is 0 Å². The predicted molar refractivity (Wildman–Crippen MR) is 122 cm³/mol. The van der Waals surface area contributed by atoms with Crippen LogP contribution < -0.4 is 10.1 Å². The molecule has 1 N–H and O–H groups in total. The topological polar surface area (TPSA) is 136 Å². The van der Waals surface area contributed by atoms with Crippen LogP contribution in [0.5, 0.6) is 5.88 Å². The molecule has 178 valence electrons. The summed E-state index contributed by atoms with van der Waals surface area (Å²) < 4.78 is 22.0. The van der Waals surface area contributed by atoms with Gasteiger partial charge in [0.1, 0.15) is 35.2 Å². The van der Waals surface area contributed by atoms with Gasteiger partial charge in [0.2, 0.25) is 0 Å². The lowest BCUT2D eigenvalue weighted by Gasteiger charge is -2.19. The van der Waals surface area contributed by atoms with Gasteiger partial charge in [-0.15, -0.1) is 9.78 Å². The van der Waals surface area contributed by atoms with Crippen LogP contribution >= 0.6 is 0 Å². The van der Waals surface area contributed by atoms with Gasteiger partial charge >= 0.3 is 5.82 Å². The Hall–Kier alpha value is -4.37. The lowest BCUT2D eigenvalue weighted by Crippen LogP contribution is -2.30. The summed E-state index contributed by atoms with van der Waals surface area (Å²) >= 11 is 0. The third-order valence-corrected chi connectivity index (χ3v) is 6.07. The number of nitrogens with one attached hydrogen (secondary N) is 1. The van der Waals surface area contributed by atoms with Gasteiger partial charge in [0.25, 0.3) is 5.88 Å². The number of nitro groups is 1. The number of rotatable bonds is 6. The predicted octanol–water partition coefficient (Wildman–Crippen LogP) is 3.58. The van der Waals surface area contributed by atoms with Crippen LogP contribution in [0.1, 0.15) is 43.2 Å². The maximum absolute atomic E-state index is 13.2. The molecule has 0 amide bonds. The van der Waals surface area contributed by atoms with E-state index in [4.69, 9.17) is 4.74 Å². The molecule has 0 unspecified atom stereocenters. The number of hydrogen-bond donors (Lipinski definition) is 1. The first kappa shape index (κ1) is 22.4. The van der Waals surface area contributed by atoms with Gasteiger partial charge in [-0.05, 0) is 43.1 Å². The molecule has 0 radical (unpaired) electrons. The van der Waals surface area contributed by atoms with E-state index < -0.39 is 16.8 Å². The Morgan fingerprint density at radius 3 is 2.77 bits per heavy atom. The molecule has 0 spiro atoms. The van der Waals surface area contributed by atoms with Crippen molar-refractivity contribution >= 4 is 11.3 Å². The lowest BCUT2D eigenvalue weighted by molar-refractivity contribution is -0.392. The fourth-order valence-corrected chi connectivity index (χ4v) is 4.29. The number of nitriles is 1. The molecular weight excluding hydrogens is 455 g/mol. The van der Waals surface area contributed by atoms with Gasteiger partial charge in [0.05, 0.1) is 23.6 Å². The zero-order valence-corrected chi connectivity index (χ0v) is 18.8. The van der Waals surface area contributed by atoms with Crippen molar-refractivity contribution in [3.05, 3.63) is 70.0 Å². The standard InChI is InChI=1S/C23H21FN8O3/c1-14(20-4-3-16(24)11-27-20)35-22-18(10-25)21-5-2-15(13-30(21)29-22)19-12-28-31(23(19)32(33)34)17-6-8-26-9-7-17/h2-5,11-14,17,26H,6-9H2,1H3/t14-/m1/s1. The summed E-state index contributed by atoms with van der Waals surface area (Å²) in [7, 11) is 0. The quantitative estimate of drug-likeness (QED) is 0.329. The van der Waals surface area contributed by atoms with Crippen molar-refractivity contribution in [2.24, 2.45) is 0 Å². The SMILES string of the molecule is C[C@@H](Oc1nn2cc(-c3cnn(C4CCNCC4)c3[N+](=O)[O-])ccc2c1C#N)c1ccc(F)cn1. The highest BCUT2D eigenvalue weighted by Gasteiger charge is 2.30. The Kier molecular flexibility index (Phi) is 5.84. The zero-order chi connectivity index (χ0) is 24.5. The van der Waals surface area contributed by atoms with E-state index in [9.17, 15) is 19.8 Å². The molecule has 1 aliphatic rings. The minimum Gasteiger partial charge on any atom is -0.466 e. The molecule has 12 heteroatoms. The smallest absolute Gasteiger partial charge is 0.353 e. The highest BCUT2D eigenvalue weighted by molar-refractivity contribution is 5.74. The fourth-order valence-electron chi connectivity index (χ4n) is 4.29. The van der Waals surface area contributed by atoms with E-state index in [0.29, 0.717) is 22.3 Å². The van der Waals surface area contributed by atoms with E-state index in [1.165, 1.54) is 27.5 Å². The van der Waals surface area contributed by atoms with Crippen LogP contribution in [0.2, 0.25) is 0 Å². The van der Waals surface area contributed by atoms with E-state index in [2.05, 4.69) is 26.6 Å². The van der Waals surface area contributed by atoms with Gasteiger partial charge < -0.3 is 20.2 Å². The van der Waals surface area contributed by atoms with Crippen LogP contribution in [0, 0.1) is 27.3 Å². The molecule has 0 bridgehead atoms. The number of piperidine rings is 1. The Labute approximate surface area is 198 Å². The number of fused-ring (bicyclic) bond motifs is 1. The highest BCUT2D eigenvalue weighted by Crippen LogP contribution is 2.35. The average molecular weight is 476 g/mol. The van der Waals surface area contributed by atoms with Gasteiger partial charge in [-0.25, -0.2) is 8.91 Å². The summed E-state index contributed by atoms with van der Waals surface area (Å²) in [5.74, 6) is -0.448. The lowest BCUT2D eigenvalue weighted by atomic mass is 10.1. The monoisotopic (exact) mass is 476 g/mol. The second kappa shape index (κ2) is 9.11. The first-order valence-electron chi connectivity index (χ1n) is 11.1. The molecular formula is C23H21FN8O3. The summed E-state index contributed by atoms with van der Waals surface area (Å²) in [4.78, 5) is 15.6. The maximum Gasteiger partial charge on any atom is 0.353 e. The second-order valence-electron chi connectivity index (χ2n) is 8.27. The molecule has 5 rings (SSSR count). The fraction of sp³-hybridized carbons (Fsp3) is 0.304. The van der Waals surface area contributed by atoms with Crippen LogP contribution in [0.15, 0.2) is 42.9 Å². The molecule has 0 aromatic carbocycles. The van der Waals surface area contributed by atoms with Crippen LogP contribution in [-0.4, -0.2) is 42.4 Å². The van der Waals surface area contributed by atoms with Crippen molar-refractivity contribution in [3.63, 3.8) is 0 Å². The molecule has 1 atom stereocenters. The first-order valence-corrected chi connectivity index (χ1v) is 11.1. The summed E-state index contributed by atoms with van der Waals surface area (Å²) in [6, 6.07) is 8.19. The molecule has 5 heterocycles. The Balaban J connectivity index is 1.51. The summed E-state index contributed by atoms with van der Waals surface area (Å²) in [5.41, 5.74) is 2.09. The Morgan fingerprint density at radius 1 is 1.29 bits per heavy atom. The molecule has 4 aromatic heterocycles. The van der Waals surface area contributed by atoms with Gasteiger partial charge in [0, 0.05) is 24.6 Å². The number of aromatic nitrogens is 5. The summed E-state index contributed by atoms with van der Waals surface area (Å²) in [6.07, 6.45) is 5.13. The number of nitrogens with zero attached hydrogens (tertiary/aromatic N) is 7. The van der Waals surface area contributed by atoms with E-state index in [-0.39, 0.29) is 23.3 Å². The van der Waals surface area contributed by atoms with Crippen LogP contribution in [0.25, 0.3) is 16.6 Å². The first-order chi connectivity index (χ1) is 17.0. The summed E-state index contributed by atoms with van der Waals surface area (Å²) in [6.45, 7) is 3.28. The molecule has 1 fully saturated rings. The van der Waals surface area contributed by atoms with Gasteiger partial charge in [-0.1, -0.05) is 11.2 Å². The van der Waals surface area contributed by atoms with Crippen molar-refractivity contribution in [2.45, 2.75) is 31.9 Å². The zero-order valence-electron chi connectivity index (χ0n) is 18.8. The number of hydrogen-bond acceptors (Lipinski definition) is 8. The second-order valence-corrected chi connectivity index (χ2v) is 8.27. The van der Waals surface area contributed by atoms with Crippen molar-refractivity contribution in [1.29, 1.82) is 5.26 Å². The van der Waals surface area contributed by atoms with Gasteiger partial charge in [-0.2, -0.15) is 5.26 Å². The molecule has 1 saturated heterocycles. The van der Waals surface area contributed by atoms with Crippen molar-refractivity contribution in [2.75, 3.05) is 13.1 Å². The van der Waals surface area contributed by atoms with E-state index in [1.807, 2.05) is 0 Å². The number of ether oxygens (including phenoxy) is 1. The number of pyridine rings is 2. The Morgan fingerprint density at radius 2 is 2.09 bits per heavy atom. The molecule has 1 aliphatic heterocycles. The molecule has 0 aliphatic carbocycles. The molecule has 35 heavy (non-hydrogen) atoms. The van der Waals surface area contributed by atoms with Gasteiger partial charge in [-0.3, -0.25) is 4.98 Å². The van der Waals surface area contributed by atoms with E-state index in [1.54, 1.807) is 25.3 Å². The Bertz CT molecular complexity index is 1430. The van der Waals surface area contributed by atoms with Crippen molar-refractivity contribution < 1.29 is 14.1 Å². The van der Waals surface area contributed by atoms with Crippen LogP contribution in [-0.2, 0) is 0 Å². The van der Waals surface area contributed by atoms with E-state index >= 15 is 0 Å². The molecule has 0 saturated carbocycles. The minimum atomic E-state index is -0.587. The van der Waals surface area contributed by atoms with Crippen molar-refractivity contribution in [1.82, 2.24) is 29.7 Å². The molecule has 11 nitrogen and oxygen atoms in total. The molecule has 4 aromatic rings. The average Bonchev–Trinajstić information content (AvgIpc) is 3.46. The third kappa shape index (κ3) is 4.17. The normalized spacial score (nSPS) is 15.1. The highest BCUT2D eigenvalue weighted by atomic mass is 19.1. The van der Waals surface area contributed by atoms with Crippen LogP contribution in [0.4, 0.5) is 10.2 Å². The minimum absolute atomic E-state index is 0.0504. The summed E-state index contributed by atoms with van der Waals surface area (Å²) in [5, 5.41) is 33.7. The van der Waals surface area contributed by atoms with Gasteiger partial charge in [0.15, 0.2) is 0 Å². The maximum atomic E-state index is 13.2. The third-order valence-electron chi connectivity index (χ3n) is 6.07. The van der Waals surface area contributed by atoms with Crippen molar-refractivity contribution in [3.8, 4) is 23.1 Å². The van der Waals surface area contributed by atoms with E-state index in [0.717, 1.165) is 32.1 Å².